The maximum absolute atomic E-state index is 12.1. The number of rotatable bonds is 8. The Labute approximate surface area is 141 Å². The lowest BCUT2D eigenvalue weighted by atomic mass is 10.1. The fraction of sp³-hybridized carbons (Fsp3) is 0.278. The van der Waals surface area contributed by atoms with Crippen LogP contribution >= 0.6 is 0 Å². The highest BCUT2D eigenvalue weighted by Crippen LogP contribution is 2.16. The lowest BCUT2D eigenvalue weighted by Gasteiger charge is -2.05. The normalized spacial score (nSPS) is 13.1. The molecule has 1 amide bonds. The number of benzene rings is 1. The van der Waals surface area contributed by atoms with Crippen LogP contribution in [-0.2, 0) is 0 Å². The number of carbonyl (C=O) groups is 1. The fourth-order valence-corrected chi connectivity index (χ4v) is 2.45. The van der Waals surface area contributed by atoms with Gasteiger partial charge in [-0.3, -0.25) is 14.9 Å². The van der Waals surface area contributed by atoms with E-state index in [0.717, 1.165) is 37.3 Å². The summed E-state index contributed by atoms with van der Waals surface area (Å²) >= 11 is 0. The maximum Gasteiger partial charge on any atom is 0.269 e. The molecule has 0 saturated carbocycles. The predicted molar refractivity (Wildman–Crippen MR) is 95.3 cm³/mol. The SMILES string of the molecule is O=C(NCCCNCC1=CCN=C1)c1cc(-c2ccccc2)n[nH]1. The Hall–Kier alpha value is -2.73. The van der Waals surface area contributed by atoms with E-state index in [2.05, 4.69) is 31.9 Å². The minimum Gasteiger partial charge on any atom is -0.351 e. The molecule has 124 valence electrons. The number of H-pyrrole nitrogens is 1. The third-order valence-corrected chi connectivity index (χ3v) is 3.75. The van der Waals surface area contributed by atoms with Crippen molar-refractivity contribution in [2.45, 2.75) is 6.42 Å². The topological polar surface area (TPSA) is 82.2 Å². The highest BCUT2D eigenvalue weighted by atomic mass is 16.1. The Morgan fingerprint density at radius 2 is 2.08 bits per heavy atom. The zero-order chi connectivity index (χ0) is 16.6. The number of nitrogens with zero attached hydrogens (tertiary/aromatic N) is 2. The van der Waals surface area contributed by atoms with E-state index in [1.807, 2.05) is 36.5 Å². The van der Waals surface area contributed by atoms with Gasteiger partial charge >= 0.3 is 0 Å². The molecule has 0 saturated heterocycles. The Kier molecular flexibility index (Phi) is 5.52. The molecular formula is C18H21N5O. The van der Waals surface area contributed by atoms with Crippen LogP contribution in [0.5, 0.6) is 0 Å². The van der Waals surface area contributed by atoms with Crippen LogP contribution in [0.1, 0.15) is 16.9 Å². The highest BCUT2D eigenvalue weighted by Gasteiger charge is 2.10. The van der Waals surface area contributed by atoms with Crippen molar-refractivity contribution in [1.29, 1.82) is 0 Å². The van der Waals surface area contributed by atoms with E-state index in [4.69, 9.17) is 0 Å². The fourth-order valence-electron chi connectivity index (χ4n) is 2.45. The summed E-state index contributed by atoms with van der Waals surface area (Å²) in [5, 5.41) is 13.2. The number of aliphatic imine (C=N–C) groups is 1. The molecule has 2 aromatic rings. The molecule has 6 nitrogen and oxygen atoms in total. The van der Waals surface area contributed by atoms with Crippen LogP contribution in [0.25, 0.3) is 11.3 Å². The van der Waals surface area contributed by atoms with Crippen molar-refractivity contribution in [3.63, 3.8) is 0 Å². The molecular weight excluding hydrogens is 302 g/mol. The second kappa shape index (κ2) is 8.21. The van der Waals surface area contributed by atoms with E-state index >= 15 is 0 Å². The number of carbonyl (C=O) groups excluding carboxylic acids is 1. The Morgan fingerprint density at radius 1 is 1.21 bits per heavy atom. The van der Waals surface area contributed by atoms with Crippen LogP contribution < -0.4 is 10.6 Å². The summed E-state index contributed by atoms with van der Waals surface area (Å²) in [6, 6.07) is 11.6. The summed E-state index contributed by atoms with van der Waals surface area (Å²) in [7, 11) is 0. The lowest BCUT2D eigenvalue weighted by molar-refractivity contribution is 0.0948. The molecule has 6 heteroatoms. The third-order valence-electron chi connectivity index (χ3n) is 3.75. The molecule has 1 aromatic heterocycles. The van der Waals surface area contributed by atoms with Crippen molar-refractivity contribution >= 4 is 12.1 Å². The van der Waals surface area contributed by atoms with Crippen molar-refractivity contribution < 1.29 is 4.79 Å². The van der Waals surface area contributed by atoms with E-state index in [-0.39, 0.29) is 5.91 Å². The number of aromatic nitrogens is 2. The van der Waals surface area contributed by atoms with Crippen molar-refractivity contribution in [1.82, 2.24) is 20.8 Å². The molecule has 0 unspecified atom stereocenters. The summed E-state index contributed by atoms with van der Waals surface area (Å²) in [5.41, 5.74) is 3.47. The highest BCUT2D eigenvalue weighted by molar-refractivity contribution is 5.93. The molecule has 0 atom stereocenters. The second-order valence-electron chi connectivity index (χ2n) is 5.59. The van der Waals surface area contributed by atoms with Gasteiger partial charge in [0.1, 0.15) is 5.69 Å². The van der Waals surface area contributed by atoms with Gasteiger partial charge < -0.3 is 10.6 Å². The quantitative estimate of drug-likeness (QED) is 0.648. The Balaban J connectivity index is 1.38. The zero-order valence-electron chi connectivity index (χ0n) is 13.5. The van der Waals surface area contributed by atoms with Crippen LogP contribution in [0, 0.1) is 0 Å². The molecule has 0 radical (unpaired) electrons. The first-order valence-electron chi connectivity index (χ1n) is 8.11. The molecule has 1 aliphatic heterocycles. The molecule has 0 spiro atoms. The van der Waals surface area contributed by atoms with E-state index in [1.165, 1.54) is 5.57 Å². The Bertz CT molecular complexity index is 733. The molecule has 2 heterocycles. The number of aromatic amines is 1. The molecule has 0 fully saturated rings. The molecule has 0 bridgehead atoms. The third kappa shape index (κ3) is 4.39. The zero-order valence-corrected chi connectivity index (χ0v) is 13.5. The second-order valence-corrected chi connectivity index (χ2v) is 5.59. The Morgan fingerprint density at radius 3 is 2.88 bits per heavy atom. The minimum absolute atomic E-state index is 0.129. The number of hydrogen-bond donors (Lipinski definition) is 3. The maximum atomic E-state index is 12.1. The van der Waals surface area contributed by atoms with E-state index in [0.29, 0.717) is 12.2 Å². The van der Waals surface area contributed by atoms with E-state index in [9.17, 15) is 4.79 Å². The first kappa shape index (κ1) is 16.1. The van der Waals surface area contributed by atoms with Gasteiger partial charge in [0, 0.05) is 24.9 Å². The van der Waals surface area contributed by atoms with E-state index < -0.39 is 0 Å². The molecule has 0 aliphatic carbocycles. The average molecular weight is 323 g/mol. The molecule has 3 N–H and O–H groups in total. The summed E-state index contributed by atoms with van der Waals surface area (Å²) < 4.78 is 0. The van der Waals surface area contributed by atoms with Crippen LogP contribution in [0.3, 0.4) is 0 Å². The molecule has 1 aromatic carbocycles. The van der Waals surface area contributed by atoms with Crippen LogP contribution in [0.15, 0.2) is 53.0 Å². The van der Waals surface area contributed by atoms with Gasteiger partial charge in [0.2, 0.25) is 0 Å². The monoisotopic (exact) mass is 323 g/mol. The van der Waals surface area contributed by atoms with Gasteiger partial charge in [-0.05, 0) is 24.6 Å². The predicted octanol–water partition coefficient (Wildman–Crippen LogP) is 1.80. The van der Waals surface area contributed by atoms with Gasteiger partial charge in [0.05, 0.1) is 12.2 Å². The van der Waals surface area contributed by atoms with Crippen molar-refractivity contribution in [3.8, 4) is 11.3 Å². The van der Waals surface area contributed by atoms with Gasteiger partial charge in [-0.1, -0.05) is 36.4 Å². The summed E-state index contributed by atoms with van der Waals surface area (Å²) in [5.74, 6) is -0.129. The first-order chi connectivity index (χ1) is 11.8. The largest absolute Gasteiger partial charge is 0.351 e. The number of amides is 1. The summed E-state index contributed by atoms with van der Waals surface area (Å²) in [6.07, 6.45) is 4.88. The van der Waals surface area contributed by atoms with Crippen molar-refractivity contribution in [3.05, 3.63) is 53.7 Å². The number of hydrogen-bond acceptors (Lipinski definition) is 4. The van der Waals surface area contributed by atoms with Gasteiger partial charge in [-0.25, -0.2) is 0 Å². The van der Waals surface area contributed by atoms with Crippen LogP contribution in [0.2, 0.25) is 0 Å². The van der Waals surface area contributed by atoms with Gasteiger partial charge in [-0.15, -0.1) is 0 Å². The summed E-state index contributed by atoms with van der Waals surface area (Å²) in [4.78, 5) is 16.2. The lowest BCUT2D eigenvalue weighted by Crippen LogP contribution is -2.28. The standard InChI is InChI=1S/C18H21N5O/c24-18(21-9-4-8-19-12-14-7-10-20-13-14)17-11-16(22-23-17)15-5-2-1-3-6-15/h1-3,5-7,11,13,19H,4,8-10,12H2,(H,21,24)(H,22,23). The van der Waals surface area contributed by atoms with Gasteiger partial charge in [0.15, 0.2) is 0 Å². The van der Waals surface area contributed by atoms with Crippen molar-refractivity contribution in [2.75, 3.05) is 26.2 Å². The minimum atomic E-state index is -0.129. The van der Waals surface area contributed by atoms with Crippen molar-refractivity contribution in [2.24, 2.45) is 4.99 Å². The number of nitrogens with one attached hydrogen (secondary N) is 3. The van der Waals surface area contributed by atoms with Gasteiger partial charge in [0.25, 0.3) is 5.91 Å². The summed E-state index contributed by atoms with van der Waals surface area (Å²) in [6.45, 7) is 3.10. The van der Waals surface area contributed by atoms with Gasteiger partial charge in [-0.2, -0.15) is 5.10 Å². The van der Waals surface area contributed by atoms with Crippen LogP contribution in [0.4, 0.5) is 0 Å². The van der Waals surface area contributed by atoms with Crippen LogP contribution in [-0.4, -0.2) is 48.5 Å². The first-order valence-corrected chi connectivity index (χ1v) is 8.11. The average Bonchev–Trinajstić information content (AvgIpc) is 3.30. The smallest absolute Gasteiger partial charge is 0.269 e. The molecule has 3 rings (SSSR count). The molecule has 24 heavy (non-hydrogen) atoms. The van der Waals surface area contributed by atoms with E-state index in [1.54, 1.807) is 6.07 Å². The molecule has 1 aliphatic rings.